The van der Waals surface area contributed by atoms with Gasteiger partial charge < -0.3 is 39.1 Å². The average molecular weight is 577 g/mol. The van der Waals surface area contributed by atoms with E-state index < -0.39 is 52.6 Å². The first-order valence-electron chi connectivity index (χ1n) is 15.4. The Morgan fingerprint density at radius 3 is 2.61 bits per heavy atom. The number of rotatable bonds is 6. The summed E-state index contributed by atoms with van der Waals surface area (Å²) >= 11 is 0. The Bertz CT molecular complexity index is 1120. The van der Waals surface area contributed by atoms with Crippen LogP contribution in [-0.4, -0.2) is 82.6 Å². The molecule has 10 heteroatoms. The summed E-state index contributed by atoms with van der Waals surface area (Å²) < 4.78 is 22.2. The van der Waals surface area contributed by atoms with Crippen molar-refractivity contribution in [3.8, 4) is 0 Å². The molecule has 2 heterocycles. The van der Waals surface area contributed by atoms with Crippen LogP contribution in [0.15, 0.2) is 11.6 Å². The summed E-state index contributed by atoms with van der Waals surface area (Å²) in [6, 6.07) is 0. The van der Waals surface area contributed by atoms with E-state index in [1.807, 2.05) is 0 Å². The number of hydrogen-bond acceptors (Lipinski definition) is 10. The smallest absolute Gasteiger partial charge is 0.343 e. The monoisotopic (exact) mass is 576 g/mol. The molecule has 3 N–H and O–H groups in total. The highest BCUT2D eigenvalue weighted by Gasteiger charge is 2.69. The van der Waals surface area contributed by atoms with Crippen molar-refractivity contribution < 1.29 is 48.7 Å². The van der Waals surface area contributed by atoms with E-state index in [0.29, 0.717) is 19.3 Å². The van der Waals surface area contributed by atoms with Gasteiger partial charge in [-0.15, -0.1) is 0 Å². The third-order valence-corrected chi connectivity index (χ3v) is 12.1. The lowest BCUT2D eigenvalue weighted by Gasteiger charge is -2.63. The number of ether oxygens (including phenoxy) is 4. The van der Waals surface area contributed by atoms with Gasteiger partial charge in [0.1, 0.15) is 12.9 Å². The van der Waals surface area contributed by atoms with Gasteiger partial charge in [0.2, 0.25) is 5.60 Å². The summed E-state index contributed by atoms with van der Waals surface area (Å²) in [5.41, 5.74) is -3.20. The van der Waals surface area contributed by atoms with Crippen molar-refractivity contribution in [2.24, 2.45) is 34.5 Å². The third kappa shape index (κ3) is 4.18. The molecule has 0 aromatic heterocycles. The maximum atomic E-state index is 13.0. The van der Waals surface area contributed by atoms with Crippen LogP contribution in [-0.2, 0) is 33.3 Å². The van der Waals surface area contributed by atoms with Gasteiger partial charge in [0.25, 0.3) is 0 Å². The number of esters is 2. The minimum absolute atomic E-state index is 0.0281. The van der Waals surface area contributed by atoms with Crippen molar-refractivity contribution in [1.82, 2.24) is 0 Å². The lowest BCUT2D eigenvalue weighted by Crippen LogP contribution is -2.65. The number of cyclic esters (lactones) is 1. The fourth-order valence-electron chi connectivity index (χ4n) is 10.1. The Hall–Kier alpha value is -1.85. The van der Waals surface area contributed by atoms with E-state index in [9.17, 15) is 29.7 Å². The Labute approximate surface area is 240 Å². The maximum Gasteiger partial charge on any atom is 0.343 e. The van der Waals surface area contributed by atoms with Crippen molar-refractivity contribution in [3.63, 3.8) is 0 Å². The van der Waals surface area contributed by atoms with Gasteiger partial charge >= 0.3 is 11.9 Å². The van der Waals surface area contributed by atoms with Crippen LogP contribution in [0.1, 0.15) is 78.6 Å². The third-order valence-electron chi connectivity index (χ3n) is 12.1. The number of aliphatic hydroxyl groups excluding tert-OH is 1. The lowest BCUT2D eigenvalue weighted by atomic mass is 9.43. The molecule has 12 unspecified atom stereocenters. The molecule has 12 atom stereocenters. The van der Waals surface area contributed by atoms with Gasteiger partial charge in [0.05, 0.1) is 30.5 Å². The molecule has 41 heavy (non-hydrogen) atoms. The second-order valence-corrected chi connectivity index (χ2v) is 13.8. The lowest BCUT2D eigenvalue weighted by molar-refractivity contribution is -0.262. The molecular weight excluding hydrogens is 532 g/mol. The number of aliphatic hydroxyl groups is 3. The molecule has 0 spiro atoms. The molecule has 4 saturated carbocycles. The average Bonchev–Trinajstić information content (AvgIpc) is 3.57. The minimum Gasteiger partial charge on any atom is -0.464 e. The quantitative estimate of drug-likeness (QED) is 0.317. The number of aldehydes is 1. The van der Waals surface area contributed by atoms with Crippen molar-refractivity contribution in [1.29, 1.82) is 0 Å². The highest BCUT2D eigenvalue weighted by molar-refractivity contribution is 5.85. The van der Waals surface area contributed by atoms with Crippen molar-refractivity contribution in [2.45, 2.75) is 114 Å². The normalized spacial score (nSPS) is 50.8. The van der Waals surface area contributed by atoms with Gasteiger partial charge in [-0.25, -0.2) is 9.59 Å². The number of carbonyl (C=O) groups is 3. The molecule has 0 amide bonds. The molecule has 4 aliphatic carbocycles. The molecule has 1 saturated heterocycles. The zero-order valence-corrected chi connectivity index (χ0v) is 24.3. The SMILES string of the molecule is CCOC(=O)C1(O)CC(C)OC1OC1CC2CCC3C(CCC4(C)C(C5=CC(=O)OC5)CCC34O)C2(C=O)CC1O. The van der Waals surface area contributed by atoms with E-state index in [4.69, 9.17) is 18.9 Å². The van der Waals surface area contributed by atoms with E-state index >= 15 is 0 Å². The van der Waals surface area contributed by atoms with E-state index in [1.165, 1.54) is 0 Å². The largest absolute Gasteiger partial charge is 0.464 e. The van der Waals surface area contributed by atoms with Crippen LogP contribution in [0, 0.1) is 34.5 Å². The van der Waals surface area contributed by atoms with E-state index in [-0.39, 0.29) is 55.7 Å². The number of fused-ring (bicyclic) bond motifs is 5. The summed E-state index contributed by atoms with van der Waals surface area (Å²) in [4.78, 5) is 37.5. The molecule has 228 valence electrons. The Kier molecular flexibility index (Phi) is 7.21. The van der Waals surface area contributed by atoms with Crippen LogP contribution in [0.5, 0.6) is 0 Å². The molecule has 10 nitrogen and oxygen atoms in total. The van der Waals surface area contributed by atoms with Crippen molar-refractivity contribution in [3.05, 3.63) is 11.6 Å². The van der Waals surface area contributed by atoms with Gasteiger partial charge in [0, 0.05) is 23.3 Å². The van der Waals surface area contributed by atoms with Crippen molar-refractivity contribution >= 4 is 18.2 Å². The van der Waals surface area contributed by atoms with Gasteiger partial charge in [-0.1, -0.05) is 6.92 Å². The highest BCUT2D eigenvalue weighted by Crippen LogP contribution is 2.69. The first-order valence-corrected chi connectivity index (χ1v) is 15.4. The molecule has 6 aliphatic rings. The van der Waals surface area contributed by atoms with Crippen LogP contribution in [0.3, 0.4) is 0 Å². The van der Waals surface area contributed by atoms with Crippen LogP contribution < -0.4 is 0 Å². The molecule has 0 bridgehead atoms. The molecule has 0 aromatic carbocycles. The topological polar surface area (TPSA) is 149 Å². The fraction of sp³-hybridized carbons (Fsp3) is 0.839. The Morgan fingerprint density at radius 2 is 1.93 bits per heavy atom. The predicted molar refractivity (Wildman–Crippen MR) is 143 cm³/mol. The van der Waals surface area contributed by atoms with Gasteiger partial charge in [0.15, 0.2) is 6.29 Å². The second-order valence-electron chi connectivity index (χ2n) is 13.8. The molecular formula is C31H44O10. The first-order chi connectivity index (χ1) is 19.4. The van der Waals surface area contributed by atoms with E-state index in [2.05, 4.69) is 6.92 Å². The standard InChI is InChI=1S/C31H44O10/c1-4-38-26(35)30(36)13-17(2)40-27(30)41-24-12-19-5-6-22-21(29(19,16-32)14-23(24)33)7-9-28(3)20(8-10-31(22,28)37)18-11-25(34)39-15-18/h11,16-17,19-24,27,33,36-37H,4-10,12-15H2,1-3H3. The summed E-state index contributed by atoms with van der Waals surface area (Å²) in [7, 11) is 0. The zero-order chi connectivity index (χ0) is 29.4. The minimum atomic E-state index is -1.97. The second kappa shape index (κ2) is 10.1. The van der Waals surface area contributed by atoms with E-state index in [1.54, 1.807) is 19.9 Å². The molecule has 2 aliphatic heterocycles. The number of carbonyl (C=O) groups excluding carboxylic acids is 3. The van der Waals surface area contributed by atoms with Gasteiger partial charge in [-0.2, -0.15) is 0 Å². The summed E-state index contributed by atoms with van der Waals surface area (Å²) in [6.07, 6.45) is 4.10. The summed E-state index contributed by atoms with van der Waals surface area (Å²) in [5.74, 6) is -1.31. The molecule has 5 fully saturated rings. The van der Waals surface area contributed by atoms with Gasteiger partial charge in [-0.05, 0) is 94.5 Å². The van der Waals surface area contributed by atoms with Crippen LogP contribution >= 0.6 is 0 Å². The Morgan fingerprint density at radius 1 is 1.15 bits per heavy atom. The highest BCUT2D eigenvalue weighted by atomic mass is 16.7. The first kappa shape index (κ1) is 29.2. The van der Waals surface area contributed by atoms with Crippen LogP contribution in [0.25, 0.3) is 0 Å². The fourth-order valence-corrected chi connectivity index (χ4v) is 10.1. The van der Waals surface area contributed by atoms with Gasteiger partial charge in [-0.3, -0.25) is 0 Å². The Balaban J connectivity index is 1.22. The van der Waals surface area contributed by atoms with Crippen molar-refractivity contribution in [2.75, 3.05) is 13.2 Å². The molecule has 0 aromatic rings. The number of hydrogen-bond donors (Lipinski definition) is 3. The van der Waals surface area contributed by atoms with Crippen LogP contribution in [0.4, 0.5) is 0 Å². The molecule has 6 rings (SSSR count). The zero-order valence-electron chi connectivity index (χ0n) is 24.3. The molecule has 0 radical (unpaired) electrons. The van der Waals surface area contributed by atoms with Crippen LogP contribution in [0.2, 0.25) is 0 Å². The summed E-state index contributed by atoms with van der Waals surface area (Å²) in [5, 5.41) is 35.0. The summed E-state index contributed by atoms with van der Waals surface area (Å²) in [6.45, 7) is 5.93. The van der Waals surface area contributed by atoms with E-state index in [0.717, 1.165) is 37.5 Å². The predicted octanol–water partition coefficient (Wildman–Crippen LogP) is 2.21. The maximum absolute atomic E-state index is 13.0.